The largest absolute Gasteiger partial charge is 0.489 e. The first-order valence-electron chi connectivity index (χ1n) is 13.2. The number of nitrogens with zero attached hydrogens (tertiary/aromatic N) is 3. The molecule has 1 aromatic heterocycles. The maximum atomic E-state index is 12.9. The number of benzene rings is 1. The third kappa shape index (κ3) is 4.54. The van der Waals surface area contributed by atoms with Gasteiger partial charge in [0.2, 0.25) is 5.91 Å². The van der Waals surface area contributed by atoms with Gasteiger partial charge in [0, 0.05) is 35.3 Å². The number of fused-ring (bicyclic) bond motifs is 1. The predicted molar refractivity (Wildman–Crippen MR) is 132 cm³/mol. The summed E-state index contributed by atoms with van der Waals surface area (Å²) in [4.78, 5) is 15.0. The van der Waals surface area contributed by atoms with Crippen LogP contribution >= 0.6 is 0 Å². The van der Waals surface area contributed by atoms with E-state index < -0.39 is 0 Å². The van der Waals surface area contributed by atoms with Gasteiger partial charge in [0.25, 0.3) is 0 Å². The summed E-state index contributed by atoms with van der Waals surface area (Å²) in [5.74, 6) is 1.55. The second-order valence-electron chi connectivity index (χ2n) is 9.67. The van der Waals surface area contributed by atoms with Gasteiger partial charge < -0.3 is 15.0 Å². The number of aromatic nitrogens is 2. The van der Waals surface area contributed by atoms with Crippen molar-refractivity contribution in [3.05, 3.63) is 30.1 Å². The van der Waals surface area contributed by atoms with Crippen molar-refractivity contribution in [2.75, 3.05) is 24.5 Å². The van der Waals surface area contributed by atoms with E-state index in [9.17, 15) is 4.79 Å². The summed E-state index contributed by atoms with van der Waals surface area (Å²) in [5, 5.41) is 8.16. The minimum Gasteiger partial charge on any atom is -0.489 e. The molecule has 6 heteroatoms. The molecular weight excluding hydrogens is 412 g/mol. The molecule has 0 unspecified atom stereocenters. The summed E-state index contributed by atoms with van der Waals surface area (Å²) in [6.07, 6.45) is 14.3. The third-order valence-corrected chi connectivity index (χ3v) is 7.46. The Hall–Kier alpha value is -2.34. The molecule has 3 fully saturated rings. The Morgan fingerprint density at radius 3 is 2.55 bits per heavy atom. The molecular formula is C27H38N4O2. The van der Waals surface area contributed by atoms with Crippen molar-refractivity contribution in [2.24, 2.45) is 5.92 Å². The highest BCUT2D eigenvalue weighted by atomic mass is 16.5. The number of hydrogen-bond donors (Lipinski definition) is 1. The van der Waals surface area contributed by atoms with Crippen molar-refractivity contribution in [3.8, 4) is 16.9 Å². The highest BCUT2D eigenvalue weighted by Gasteiger charge is 2.37. The van der Waals surface area contributed by atoms with Crippen molar-refractivity contribution in [3.63, 3.8) is 0 Å². The number of anilines is 1. The predicted octanol–water partition coefficient (Wildman–Crippen LogP) is 5.12. The zero-order valence-corrected chi connectivity index (χ0v) is 20.2. The number of piperidine rings is 1. The molecule has 2 aliphatic heterocycles. The van der Waals surface area contributed by atoms with Gasteiger partial charge in [0.05, 0.1) is 24.0 Å². The van der Waals surface area contributed by atoms with Gasteiger partial charge in [-0.1, -0.05) is 13.8 Å². The molecule has 2 aliphatic carbocycles. The molecule has 1 aromatic carbocycles. The highest BCUT2D eigenvalue weighted by molar-refractivity contribution is 5.98. The molecule has 0 atom stereocenters. The van der Waals surface area contributed by atoms with Crippen LogP contribution in [0.15, 0.2) is 24.5 Å². The van der Waals surface area contributed by atoms with Crippen LogP contribution in [0, 0.1) is 5.92 Å². The van der Waals surface area contributed by atoms with Crippen LogP contribution in [0.2, 0.25) is 0 Å². The van der Waals surface area contributed by atoms with Gasteiger partial charge in [0.15, 0.2) is 0 Å². The first-order valence-corrected chi connectivity index (χ1v) is 13.2. The van der Waals surface area contributed by atoms with E-state index in [1.54, 1.807) is 0 Å². The van der Waals surface area contributed by atoms with E-state index in [-0.39, 0.29) is 5.92 Å². The fourth-order valence-electron chi connectivity index (χ4n) is 5.19. The first-order chi connectivity index (χ1) is 16.3. The molecule has 1 amide bonds. The minimum atomic E-state index is 0.241. The second kappa shape index (κ2) is 9.88. The van der Waals surface area contributed by atoms with E-state index in [4.69, 9.17) is 9.84 Å². The molecule has 3 heterocycles. The lowest BCUT2D eigenvalue weighted by molar-refractivity contribution is -0.119. The van der Waals surface area contributed by atoms with Gasteiger partial charge >= 0.3 is 0 Å². The third-order valence-electron chi connectivity index (χ3n) is 7.46. The van der Waals surface area contributed by atoms with Crippen LogP contribution in [-0.2, 0) is 11.2 Å². The molecule has 0 radical (unpaired) electrons. The quantitative estimate of drug-likeness (QED) is 0.687. The Labute approximate surface area is 197 Å². The average molecular weight is 451 g/mol. The van der Waals surface area contributed by atoms with E-state index in [1.807, 2.05) is 24.9 Å². The average Bonchev–Trinajstić information content (AvgIpc) is 3.58. The molecule has 33 heavy (non-hydrogen) atoms. The number of carbonyl (C=O) groups excluding carboxylic acids is 1. The van der Waals surface area contributed by atoms with Gasteiger partial charge in [-0.05, 0) is 83.0 Å². The number of nitrogens with one attached hydrogen (secondary N) is 1. The molecule has 4 aliphatic rings. The van der Waals surface area contributed by atoms with Crippen molar-refractivity contribution >= 4 is 11.6 Å². The van der Waals surface area contributed by atoms with Crippen molar-refractivity contribution in [1.82, 2.24) is 15.1 Å². The first kappa shape index (κ1) is 22.5. The Kier molecular flexibility index (Phi) is 6.72. The summed E-state index contributed by atoms with van der Waals surface area (Å²) in [6.45, 7) is 6.94. The zero-order chi connectivity index (χ0) is 22.8. The molecule has 2 aromatic rings. The number of amides is 1. The monoisotopic (exact) mass is 450 g/mol. The van der Waals surface area contributed by atoms with E-state index in [1.165, 1.54) is 12.0 Å². The smallest absolute Gasteiger partial charge is 0.230 e. The Morgan fingerprint density at radius 1 is 1.06 bits per heavy atom. The molecule has 6 nitrogen and oxygen atoms in total. The van der Waals surface area contributed by atoms with Gasteiger partial charge in [-0.2, -0.15) is 5.10 Å². The number of hydrogen-bond acceptors (Lipinski definition) is 4. The van der Waals surface area contributed by atoms with Crippen LogP contribution < -0.4 is 15.0 Å². The highest BCUT2D eigenvalue weighted by Crippen LogP contribution is 2.45. The van der Waals surface area contributed by atoms with E-state index in [0.29, 0.717) is 18.1 Å². The van der Waals surface area contributed by atoms with Crippen LogP contribution in [-0.4, -0.2) is 41.4 Å². The van der Waals surface area contributed by atoms with Gasteiger partial charge in [-0.25, -0.2) is 0 Å². The topological polar surface area (TPSA) is 59.4 Å². The van der Waals surface area contributed by atoms with Crippen LogP contribution in [0.3, 0.4) is 0 Å². The van der Waals surface area contributed by atoms with Crippen LogP contribution in [0.1, 0.15) is 76.8 Å². The van der Waals surface area contributed by atoms with Crippen LogP contribution in [0.25, 0.3) is 11.1 Å². The molecule has 0 bridgehead atoms. The standard InChI is InChI=1S/C25H32N4O2.C2H6/c30-25(17-6-7-17)28-14-2-5-22-23(28)9-8-21(24(22)31-20-3-1-4-20)18-15-27-29(16-18)19-10-12-26-13-11-19;1-2/h8-9,15-17,19-20,26H,1-7,10-14H2;1-2H3. The fraction of sp³-hybridized carbons (Fsp3) is 0.630. The van der Waals surface area contributed by atoms with Crippen molar-refractivity contribution in [1.29, 1.82) is 0 Å². The molecule has 0 spiro atoms. The number of ether oxygens (including phenoxy) is 1. The Bertz CT molecular complexity index is 970. The van der Waals surface area contributed by atoms with Gasteiger partial charge in [-0.15, -0.1) is 0 Å². The number of carbonyl (C=O) groups is 1. The maximum absolute atomic E-state index is 12.9. The van der Waals surface area contributed by atoms with Crippen LogP contribution in [0.5, 0.6) is 5.75 Å². The summed E-state index contributed by atoms with van der Waals surface area (Å²) in [5.41, 5.74) is 4.55. The zero-order valence-electron chi connectivity index (χ0n) is 20.2. The Morgan fingerprint density at radius 2 is 1.85 bits per heavy atom. The molecule has 178 valence electrons. The lowest BCUT2D eigenvalue weighted by Gasteiger charge is -2.34. The Balaban J connectivity index is 0.00000111. The summed E-state index contributed by atoms with van der Waals surface area (Å²) in [7, 11) is 0. The molecule has 1 N–H and O–H groups in total. The SMILES string of the molecule is CC.O=C(C1CC1)N1CCCc2c1ccc(-c1cnn(C3CCNCC3)c1)c2OC1CCC1. The normalized spacial score (nSPS) is 21.0. The lowest BCUT2D eigenvalue weighted by Crippen LogP contribution is -2.37. The fourth-order valence-corrected chi connectivity index (χ4v) is 5.19. The number of rotatable bonds is 5. The summed E-state index contributed by atoms with van der Waals surface area (Å²) >= 11 is 0. The molecule has 2 saturated carbocycles. The van der Waals surface area contributed by atoms with E-state index >= 15 is 0 Å². The van der Waals surface area contributed by atoms with Crippen LogP contribution in [0.4, 0.5) is 5.69 Å². The molecule has 6 rings (SSSR count). The lowest BCUT2D eigenvalue weighted by atomic mass is 9.93. The second-order valence-corrected chi connectivity index (χ2v) is 9.67. The van der Waals surface area contributed by atoms with E-state index in [2.05, 4.69) is 28.3 Å². The van der Waals surface area contributed by atoms with Gasteiger partial charge in [-0.3, -0.25) is 9.48 Å². The van der Waals surface area contributed by atoms with Crippen molar-refractivity contribution < 1.29 is 9.53 Å². The van der Waals surface area contributed by atoms with Gasteiger partial charge in [0.1, 0.15) is 5.75 Å². The summed E-state index contributed by atoms with van der Waals surface area (Å²) in [6, 6.07) is 4.78. The minimum absolute atomic E-state index is 0.241. The molecule has 1 saturated heterocycles. The summed E-state index contributed by atoms with van der Waals surface area (Å²) < 4.78 is 8.75. The van der Waals surface area contributed by atoms with Crippen molar-refractivity contribution in [2.45, 2.75) is 83.8 Å². The maximum Gasteiger partial charge on any atom is 0.230 e. The van der Waals surface area contributed by atoms with E-state index in [0.717, 1.165) is 93.6 Å².